The van der Waals surface area contributed by atoms with Gasteiger partial charge in [-0.3, -0.25) is 14.6 Å². The molecule has 26 heavy (non-hydrogen) atoms. The molecule has 3 rings (SSSR count). The number of aromatic nitrogens is 1. The van der Waals surface area contributed by atoms with E-state index in [1.54, 1.807) is 42.6 Å². The molecule has 0 aliphatic rings. The Kier molecular flexibility index (Phi) is 5.57. The summed E-state index contributed by atoms with van der Waals surface area (Å²) in [6, 6.07) is 21.5. The summed E-state index contributed by atoms with van der Waals surface area (Å²) in [5.41, 5.74) is 1.18. The zero-order chi connectivity index (χ0) is 18.2. The van der Waals surface area contributed by atoms with Gasteiger partial charge in [-0.15, -0.1) is 0 Å². The minimum Gasteiger partial charge on any atom is -0.457 e. The van der Waals surface area contributed by atoms with Crippen LogP contribution in [0.3, 0.4) is 0 Å². The van der Waals surface area contributed by atoms with Crippen LogP contribution in [-0.2, 0) is 16.1 Å². The van der Waals surface area contributed by atoms with Crippen LogP contribution in [0.15, 0.2) is 79.0 Å². The van der Waals surface area contributed by atoms with E-state index in [-0.39, 0.29) is 6.54 Å². The summed E-state index contributed by atoms with van der Waals surface area (Å²) in [6.45, 7) is 0.191. The van der Waals surface area contributed by atoms with E-state index in [4.69, 9.17) is 4.74 Å². The average molecular weight is 347 g/mol. The van der Waals surface area contributed by atoms with Gasteiger partial charge in [0.05, 0.1) is 12.2 Å². The van der Waals surface area contributed by atoms with Crippen LogP contribution in [0, 0.1) is 0 Å². The number of para-hydroxylation sites is 1. The number of amides is 2. The molecule has 2 N–H and O–H groups in total. The van der Waals surface area contributed by atoms with Crippen LogP contribution in [0.5, 0.6) is 11.5 Å². The molecule has 0 saturated heterocycles. The largest absolute Gasteiger partial charge is 0.457 e. The molecule has 0 aliphatic heterocycles. The SMILES string of the molecule is O=C(NCc1ccccn1)C(=O)Nc1ccc(Oc2ccccc2)cc1. The van der Waals surface area contributed by atoms with Gasteiger partial charge in [0.1, 0.15) is 11.5 Å². The molecule has 3 aromatic rings. The smallest absolute Gasteiger partial charge is 0.313 e. The van der Waals surface area contributed by atoms with E-state index in [9.17, 15) is 9.59 Å². The monoisotopic (exact) mass is 347 g/mol. The number of carbonyl (C=O) groups is 2. The summed E-state index contributed by atoms with van der Waals surface area (Å²) in [6.07, 6.45) is 1.63. The number of ether oxygens (including phenoxy) is 1. The van der Waals surface area contributed by atoms with Crippen LogP contribution < -0.4 is 15.4 Å². The lowest BCUT2D eigenvalue weighted by Gasteiger charge is -2.08. The highest BCUT2D eigenvalue weighted by atomic mass is 16.5. The fourth-order valence-corrected chi connectivity index (χ4v) is 2.17. The topological polar surface area (TPSA) is 80.3 Å². The molecule has 2 aromatic carbocycles. The van der Waals surface area contributed by atoms with E-state index in [0.29, 0.717) is 17.1 Å². The second-order valence-electron chi connectivity index (χ2n) is 5.40. The first-order valence-electron chi connectivity index (χ1n) is 8.03. The van der Waals surface area contributed by atoms with Crippen molar-refractivity contribution in [3.05, 3.63) is 84.7 Å². The zero-order valence-electron chi connectivity index (χ0n) is 13.9. The molecular formula is C20H17N3O3. The van der Waals surface area contributed by atoms with Crippen LogP contribution in [0.25, 0.3) is 0 Å². The molecule has 130 valence electrons. The first-order chi connectivity index (χ1) is 12.7. The molecule has 1 heterocycles. The zero-order valence-corrected chi connectivity index (χ0v) is 13.9. The summed E-state index contributed by atoms with van der Waals surface area (Å²) in [4.78, 5) is 27.9. The number of hydrogen-bond donors (Lipinski definition) is 2. The van der Waals surface area contributed by atoms with Crippen molar-refractivity contribution in [1.82, 2.24) is 10.3 Å². The maximum Gasteiger partial charge on any atom is 0.313 e. The molecule has 0 aliphatic carbocycles. The van der Waals surface area contributed by atoms with E-state index < -0.39 is 11.8 Å². The number of nitrogens with one attached hydrogen (secondary N) is 2. The predicted molar refractivity (Wildman–Crippen MR) is 97.7 cm³/mol. The van der Waals surface area contributed by atoms with Gasteiger partial charge in [0, 0.05) is 11.9 Å². The summed E-state index contributed by atoms with van der Waals surface area (Å²) in [5, 5.41) is 5.07. The molecular weight excluding hydrogens is 330 g/mol. The lowest BCUT2D eigenvalue weighted by atomic mass is 10.3. The van der Waals surface area contributed by atoms with Crippen molar-refractivity contribution >= 4 is 17.5 Å². The van der Waals surface area contributed by atoms with Gasteiger partial charge in [0.2, 0.25) is 0 Å². The van der Waals surface area contributed by atoms with Crippen molar-refractivity contribution in [2.75, 3.05) is 5.32 Å². The quantitative estimate of drug-likeness (QED) is 0.695. The van der Waals surface area contributed by atoms with Gasteiger partial charge < -0.3 is 15.4 Å². The second-order valence-corrected chi connectivity index (χ2v) is 5.40. The Morgan fingerprint density at radius 3 is 2.19 bits per heavy atom. The Morgan fingerprint density at radius 1 is 0.808 bits per heavy atom. The highest BCUT2D eigenvalue weighted by Gasteiger charge is 2.13. The molecule has 0 unspecified atom stereocenters. The fourth-order valence-electron chi connectivity index (χ4n) is 2.17. The number of hydrogen-bond acceptors (Lipinski definition) is 4. The van der Waals surface area contributed by atoms with Gasteiger partial charge in [-0.1, -0.05) is 24.3 Å². The van der Waals surface area contributed by atoms with E-state index in [1.807, 2.05) is 36.4 Å². The van der Waals surface area contributed by atoms with E-state index in [2.05, 4.69) is 15.6 Å². The lowest BCUT2D eigenvalue weighted by Crippen LogP contribution is -2.35. The number of carbonyl (C=O) groups excluding carboxylic acids is 2. The molecule has 0 spiro atoms. The van der Waals surface area contributed by atoms with E-state index in [1.165, 1.54) is 0 Å². The van der Waals surface area contributed by atoms with Crippen molar-refractivity contribution < 1.29 is 14.3 Å². The molecule has 6 heteroatoms. The second kappa shape index (κ2) is 8.43. The van der Waals surface area contributed by atoms with Gasteiger partial charge >= 0.3 is 11.8 Å². The highest BCUT2D eigenvalue weighted by Crippen LogP contribution is 2.22. The number of pyridine rings is 1. The Labute approximate surface area is 150 Å². The highest BCUT2D eigenvalue weighted by molar-refractivity contribution is 6.39. The van der Waals surface area contributed by atoms with Crippen molar-refractivity contribution in [2.24, 2.45) is 0 Å². The van der Waals surface area contributed by atoms with Crippen molar-refractivity contribution in [2.45, 2.75) is 6.54 Å². The van der Waals surface area contributed by atoms with Crippen LogP contribution in [0.1, 0.15) is 5.69 Å². The Morgan fingerprint density at radius 2 is 1.50 bits per heavy atom. The van der Waals surface area contributed by atoms with Gasteiger partial charge in [-0.25, -0.2) is 0 Å². The first kappa shape index (κ1) is 17.2. The Bertz CT molecular complexity index is 866. The molecule has 0 fully saturated rings. The maximum atomic E-state index is 11.9. The van der Waals surface area contributed by atoms with Crippen LogP contribution >= 0.6 is 0 Å². The van der Waals surface area contributed by atoms with Gasteiger partial charge in [-0.05, 0) is 48.5 Å². The van der Waals surface area contributed by atoms with Gasteiger partial charge in [0.15, 0.2) is 0 Å². The van der Waals surface area contributed by atoms with E-state index >= 15 is 0 Å². The van der Waals surface area contributed by atoms with Gasteiger partial charge in [-0.2, -0.15) is 0 Å². The molecule has 0 atom stereocenters. The third-order valence-electron chi connectivity index (χ3n) is 3.45. The first-order valence-corrected chi connectivity index (χ1v) is 8.03. The third kappa shape index (κ3) is 4.91. The van der Waals surface area contributed by atoms with Crippen molar-refractivity contribution in [1.29, 1.82) is 0 Å². The lowest BCUT2D eigenvalue weighted by molar-refractivity contribution is -0.136. The van der Waals surface area contributed by atoms with Crippen molar-refractivity contribution in [3.63, 3.8) is 0 Å². The van der Waals surface area contributed by atoms with Crippen LogP contribution in [0.2, 0.25) is 0 Å². The number of anilines is 1. The molecule has 1 aromatic heterocycles. The van der Waals surface area contributed by atoms with Crippen LogP contribution in [-0.4, -0.2) is 16.8 Å². The summed E-state index contributed by atoms with van der Waals surface area (Å²) in [5.74, 6) is -0.107. The van der Waals surface area contributed by atoms with Crippen molar-refractivity contribution in [3.8, 4) is 11.5 Å². The van der Waals surface area contributed by atoms with Crippen LogP contribution in [0.4, 0.5) is 5.69 Å². The molecule has 0 radical (unpaired) electrons. The maximum absolute atomic E-state index is 11.9. The summed E-state index contributed by atoms with van der Waals surface area (Å²) < 4.78 is 5.67. The fraction of sp³-hybridized carbons (Fsp3) is 0.0500. The number of benzene rings is 2. The average Bonchev–Trinajstić information content (AvgIpc) is 2.69. The third-order valence-corrected chi connectivity index (χ3v) is 3.45. The minimum atomic E-state index is -0.738. The molecule has 2 amide bonds. The Balaban J connectivity index is 1.51. The molecule has 0 saturated carbocycles. The number of nitrogens with zero attached hydrogens (tertiary/aromatic N) is 1. The molecule has 6 nitrogen and oxygen atoms in total. The van der Waals surface area contributed by atoms with Gasteiger partial charge in [0.25, 0.3) is 0 Å². The summed E-state index contributed by atoms with van der Waals surface area (Å²) in [7, 11) is 0. The summed E-state index contributed by atoms with van der Waals surface area (Å²) >= 11 is 0. The standard InChI is InChI=1S/C20H17N3O3/c24-19(22-14-16-6-4-5-13-21-16)20(25)23-15-9-11-18(12-10-15)26-17-7-2-1-3-8-17/h1-13H,14H2,(H,22,24)(H,23,25). The predicted octanol–water partition coefficient (Wildman–Crippen LogP) is 3.13. The number of rotatable bonds is 5. The normalized spacial score (nSPS) is 10.0. The van der Waals surface area contributed by atoms with E-state index in [0.717, 1.165) is 5.75 Å². The Hall–Kier alpha value is -3.67. The minimum absolute atomic E-state index is 0.191. The molecule has 0 bridgehead atoms.